The molecule has 1 aromatic heterocycles. The molecule has 2 atom stereocenters. The molecule has 0 fully saturated rings. The van der Waals surface area contributed by atoms with Crippen LogP contribution in [0.5, 0.6) is 0 Å². The summed E-state index contributed by atoms with van der Waals surface area (Å²) in [7, 11) is 0. The highest BCUT2D eigenvalue weighted by Crippen LogP contribution is 2.15. The molecule has 1 rings (SSSR count). The maximum Gasteiger partial charge on any atom is 0.315 e. The fourth-order valence-corrected chi connectivity index (χ4v) is 1.22. The Balaban J connectivity index is 2.57. The largest absolute Gasteiger partial charge is 0.406 e. The number of hydrogen-bond donors (Lipinski definition) is 2. The van der Waals surface area contributed by atoms with Gasteiger partial charge in [0, 0.05) is 6.04 Å². The van der Waals surface area contributed by atoms with Gasteiger partial charge in [0.1, 0.15) is 0 Å². The van der Waals surface area contributed by atoms with Gasteiger partial charge in [-0.15, -0.1) is 5.10 Å². The van der Waals surface area contributed by atoms with E-state index in [1.807, 2.05) is 13.8 Å². The first-order valence-electron chi connectivity index (χ1n) is 5.87. The van der Waals surface area contributed by atoms with Gasteiger partial charge in [-0.3, -0.25) is 0 Å². The Morgan fingerprint density at radius 2 is 1.88 bits per heavy atom. The Hall–Kier alpha value is -1.10. The first-order chi connectivity index (χ1) is 7.54. The lowest BCUT2D eigenvalue weighted by Crippen LogP contribution is -2.21. The normalized spacial score (nSPS) is 15.1. The molecular formula is C11H22N4O. The Labute approximate surface area is 97.0 Å². The van der Waals surface area contributed by atoms with Crippen molar-refractivity contribution in [3.63, 3.8) is 0 Å². The van der Waals surface area contributed by atoms with E-state index in [0.717, 1.165) is 6.54 Å². The van der Waals surface area contributed by atoms with E-state index in [1.165, 1.54) is 0 Å². The average molecular weight is 226 g/mol. The van der Waals surface area contributed by atoms with Gasteiger partial charge in [0.05, 0.1) is 6.04 Å². The standard InChI is InChI=1S/C11H22N4O/c1-6-12-9(5)10-14-15-11(16-10)13-8(4)7(2)3/h7-9,12H,6H2,1-5H3,(H,13,15). The van der Waals surface area contributed by atoms with E-state index in [1.54, 1.807) is 0 Å². The summed E-state index contributed by atoms with van der Waals surface area (Å²) in [6.45, 7) is 11.3. The molecule has 2 unspecified atom stereocenters. The number of nitrogens with one attached hydrogen (secondary N) is 2. The lowest BCUT2D eigenvalue weighted by molar-refractivity contribution is 0.422. The van der Waals surface area contributed by atoms with Crippen molar-refractivity contribution < 1.29 is 4.42 Å². The first kappa shape index (κ1) is 13.0. The van der Waals surface area contributed by atoms with Gasteiger partial charge in [-0.1, -0.05) is 25.9 Å². The van der Waals surface area contributed by atoms with Crippen molar-refractivity contribution in [3.05, 3.63) is 5.89 Å². The molecule has 0 aliphatic carbocycles. The maximum atomic E-state index is 5.52. The van der Waals surface area contributed by atoms with Crippen LogP contribution in [0.15, 0.2) is 4.42 Å². The second-order valence-electron chi connectivity index (χ2n) is 4.40. The molecule has 1 heterocycles. The van der Waals surface area contributed by atoms with Crippen molar-refractivity contribution in [1.82, 2.24) is 15.5 Å². The number of anilines is 1. The van der Waals surface area contributed by atoms with Crippen molar-refractivity contribution in [2.75, 3.05) is 11.9 Å². The van der Waals surface area contributed by atoms with Crippen LogP contribution in [0.4, 0.5) is 6.01 Å². The molecule has 5 nitrogen and oxygen atoms in total. The lowest BCUT2D eigenvalue weighted by Gasteiger charge is -2.15. The molecule has 0 aliphatic heterocycles. The van der Waals surface area contributed by atoms with Crippen LogP contribution in [0.25, 0.3) is 0 Å². The Bertz CT molecular complexity index is 311. The highest BCUT2D eigenvalue weighted by molar-refractivity contribution is 5.19. The van der Waals surface area contributed by atoms with Crippen LogP contribution in [-0.4, -0.2) is 22.8 Å². The zero-order valence-corrected chi connectivity index (χ0v) is 10.7. The number of nitrogens with zero attached hydrogens (tertiary/aromatic N) is 2. The van der Waals surface area contributed by atoms with E-state index in [4.69, 9.17) is 4.42 Å². The SMILES string of the molecule is CCNC(C)c1nnc(NC(C)C(C)C)o1. The van der Waals surface area contributed by atoms with Crippen molar-refractivity contribution >= 4 is 6.01 Å². The Kier molecular flexibility index (Phi) is 4.73. The van der Waals surface area contributed by atoms with Gasteiger partial charge in [-0.25, -0.2) is 0 Å². The molecule has 2 N–H and O–H groups in total. The molecule has 0 aromatic carbocycles. The van der Waals surface area contributed by atoms with Crippen LogP contribution >= 0.6 is 0 Å². The van der Waals surface area contributed by atoms with Crippen molar-refractivity contribution in [2.24, 2.45) is 5.92 Å². The zero-order valence-electron chi connectivity index (χ0n) is 10.7. The lowest BCUT2D eigenvalue weighted by atomic mass is 10.1. The van der Waals surface area contributed by atoms with Crippen LogP contribution in [0, 0.1) is 5.92 Å². The summed E-state index contributed by atoms with van der Waals surface area (Å²) >= 11 is 0. The fraction of sp³-hybridized carbons (Fsp3) is 0.818. The van der Waals surface area contributed by atoms with E-state index < -0.39 is 0 Å². The third kappa shape index (κ3) is 3.48. The van der Waals surface area contributed by atoms with E-state index in [-0.39, 0.29) is 6.04 Å². The van der Waals surface area contributed by atoms with Gasteiger partial charge in [-0.05, 0) is 26.3 Å². The van der Waals surface area contributed by atoms with Gasteiger partial charge in [0.15, 0.2) is 0 Å². The summed E-state index contributed by atoms with van der Waals surface area (Å²) in [4.78, 5) is 0. The summed E-state index contributed by atoms with van der Waals surface area (Å²) in [5.74, 6) is 1.15. The monoisotopic (exact) mass is 226 g/mol. The molecule has 92 valence electrons. The summed E-state index contributed by atoms with van der Waals surface area (Å²) in [5, 5.41) is 14.4. The summed E-state index contributed by atoms with van der Waals surface area (Å²) in [6, 6.07) is 0.922. The summed E-state index contributed by atoms with van der Waals surface area (Å²) in [6.07, 6.45) is 0. The van der Waals surface area contributed by atoms with Gasteiger partial charge in [0.25, 0.3) is 0 Å². The van der Waals surface area contributed by atoms with Crippen LogP contribution in [0.1, 0.15) is 46.6 Å². The smallest absolute Gasteiger partial charge is 0.315 e. The van der Waals surface area contributed by atoms with Crippen LogP contribution < -0.4 is 10.6 Å². The topological polar surface area (TPSA) is 63.0 Å². The zero-order chi connectivity index (χ0) is 12.1. The minimum atomic E-state index is 0.0995. The van der Waals surface area contributed by atoms with Gasteiger partial charge in [-0.2, -0.15) is 0 Å². The number of aromatic nitrogens is 2. The number of rotatable bonds is 6. The van der Waals surface area contributed by atoms with Gasteiger partial charge in [0.2, 0.25) is 5.89 Å². The van der Waals surface area contributed by atoms with Crippen molar-refractivity contribution in [2.45, 2.75) is 46.7 Å². The summed E-state index contributed by atoms with van der Waals surface area (Å²) in [5.41, 5.74) is 0. The molecule has 0 spiro atoms. The van der Waals surface area contributed by atoms with Gasteiger partial charge < -0.3 is 15.1 Å². The molecule has 0 saturated carbocycles. The molecule has 0 amide bonds. The fourth-order valence-electron chi connectivity index (χ4n) is 1.22. The van der Waals surface area contributed by atoms with Crippen molar-refractivity contribution in [1.29, 1.82) is 0 Å². The van der Waals surface area contributed by atoms with Crippen LogP contribution in [0.2, 0.25) is 0 Å². The summed E-state index contributed by atoms with van der Waals surface area (Å²) < 4.78 is 5.52. The molecule has 0 aliphatic rings. The average Bonchev–Trinajstić information content (AvgIpc) is 2.66. The van der Waals surface area contributed by atoms with E-state index >= 15 is 0 Å². The Morgan fingerprint density at radius 1 is 1.19 bits per heavy atom. The first-order valence-corrected chi connectivity index (χ1v) is 5.87. The molecule has 1 aromatic rings. The number of hydrogen-bond acceptors (Lipinski definition) is 5. The highest BCUT2D eigenvalue weighted by Gasteiger charge is 2.15. The highest BCUT2D eigenvalue weighted by atomic mass is 16.4. The molecule has 0 saturated heterocycles. The third-order valence-electron chi connectivity index (χ3n) is 2.67. The molecule has 0 radical (unpaired) electrons. The predicted molar refractivity (Wildman–Crippen MR) is 64.3 cm³/mol. The predicted octanol–water partition coefficient (Wildman–Crippen LogP) is 2.20. The Morgan fingerprint density at radius 3 is 2.44 bits per heavy atom. The second kappa shape index (κ2) is 5.84. The van der Waals surface area contributed by atoms with Gasteiger partial charge >= 0.3 is 6.01 Å². The van der Waals surface area contributed by atoms with E-state index in [2.05, 4.69) is 41.6 Å². The second-order valence-corrected chi connectivity index (χ2v) is 4.40. The maximum absolute atomic E-state index is 5.52. The van der Waals surface area contributed by atoms with E-state index in [9.17, 15) is 0 Å². The minimum absolute atomic E-state index is 0.0995. The van der Waals surface area contributed by atoms with Crippen molar-refractivity contribution in [3.8, 4) is 0 Å². The molecule has 0 bridgehead atoms. The quantitative estimate of drug-likeness (QED) is 0.778. The minimum Gasteiger partial charge on any atom is -0.406 e. The van der Waals surface area contributed by atoms with Crippen LogP contribution in [-0.2, 0) is 0 Å². The van der Waals surface area contributed by atoms with E-state index in [0.29, 0.717) is 23.9 Å². The molecule has 5 heteroatoms. The van der Waals surface area contributed by atoms with Crippen LogP contribution in [0.3, 0.4) is 0 Å². The molecule has 16 heavy (non-hydrogen) atoms. The third-order valence-corrected chi connectivity index (χ3v) is 2.67. The molecular weight excluding hydrogens is 204 g/mol.